The lowest BCUT2D eigenvalue weighted by Crippen LogP contribution is -2.13. The molecular formula is C14H30. The zero-order valence-electron chi connectivity index (χ0n) is 11.0. The maximum absolute atomic E-state index is 2.44. The summed E-state index contributed by atoms with van der Waals surface area (Å²) in [7, 11) is 0. The van der Waals surface area contributed by atoms with E-state index < -0.39 is 0 Å². The van der Waals surface area contributed by atoms with Crippen molar-refractivity contribution in [3.63, 3.8) is 0 Å². The van der Waals surface area contributed by atoms with Gasteiger partial charge in [0.25, 0.3) is 0 Å². The quantitative estimate of drug-likeness (QED) is 0.498. The minimum absolute atomic E-state index is 0.922. The second-order valence-electron chi connectivity index (χ2n) is 5.04. The lowest BCUT2D eigenvalue weighted by atomic mass is 9.82. The smallest absolute Gasteiger partial charge is 0.0414 e. The fraction of sp³-hybridized carbons (Fsp3) is 1.00. The normalized spacial score (nSPS) is 17.8. The van der Waals surface area contributed by atoms with Crippen LogP contribution in [-0.2, 0) is 0 Å². The zero-order chi connectivity index (χ0) is 11.0. The van der Waals surface area contributed by atoms with Crippen LogP contribution in [0.3, 0.4) is 0 Å². The van der Waals surface area contributed by atoms with Crippen LogP contribution in [-0.4, -0.2) is 0 Å². The summed E-state index contributed by atoms with van der Waals surface area (Å²) >= 11 is 0. The van der Waals surface area contributed by atoms with E-state index in [0.717, 1.165) is 17.8 Å². The van der Waals surface area contributed by atoms with E-state index in [0.29, 0.717) is 0 Å². The second kappa shape index (κ2) is 8.32. The highest BCUT2D eigenvalue weighted by atomic mass is 14.2. The summed E-state index contributed by atoms with van der Waals surface area (Å²) in [4.78, 5) is 0. The number of hydrogen-bond acceptors (Lipinski definition) is 0. The second-order valence-corrected chi connectivity index (χ2v) is 5.04. The van der Waals surface area contributed by atoms with Crippen molar-refractivity contribution in [2.45, 2.75) is 73.1 Å². The molecule has 3 atom stereocenters. The molecule has 0 aliphatic carbocycles. The van der Waals surface area contributed by atoms with E-state index in [2.05, 4.69) is 34.6 Å². The molecule has 0 radical (unpaired) electrons. The SMILES string of the molecule is CCCC(CC)CC(C)C(C)CCC. The molecule has 3 unspecified atom stereocenters. The maximum atomic E-state index is 2.44. The van der Waals surface area contributed by atoms with E-state index in [1.165, 1.54) is 38.5 Å². The molecule has 0 aliphatic rings. The van der Waals surface area contributed by atoms with E-state index in [9.17, 15) is 0 Å². The molecule has 14 heavy (non-hydrogen) atoms. The van der Waals surface area contributed by atoms with Crippen molar-refractivity contribution < 1.29 is 0 Å². The molecule has 0 aromatic heterocycles. The summed E-state index contributed by atoms with van der Waals surface area (Å²) in [6, 6.07) is 0. The first-order valence-electron chi connectivity index (χ1n) is 6.65. The Bertz CT molecular complexity index is 117. The summed E-state index contributed by atoms with van der Waals surface area (Å²) in [6.45, 7) is 11.8. The number of hydrogen-bond donors (Lipinski definition) is 0. The standard InChI is InChI=1S/C14H30/c1-6-9-12(4)13(5)11-14(8-3)10-7-2/h12-14H,6-11H2,1-5H3. The maximum Gasteiger partial charge on any atom is -0.0414 e. The zero-order valence-corrected chi connectivity index (χ0v) is 11.0. The lowest BCUT2D eigenvalue weighted by Gasteiger charge is -2.24. The van der Waals surface area contributed by atoms with Gasteiger partial charge in [-0.25, -0.2) is 0 Å². The molecule has 0 heteroatoms. The van der Waals surface area contributed by atoms with Gasteiger partial charge in [-0.2, -0.15) is 0 Å². The van der Waals surface area contributed by atoms with Crippen LogP contribution in [0.25, 0.3) is 0 Å². The molecule has 0 rings (SSSR count). The molecule has 0 N–H and O–H groups in total. The first kappa shape index (κ1) is 14.0. The van der Waals surface area contributed by atoms with Crippen LogP contribution >= 0.6 is 0 Å². The molecular weight excluding hydrogens is 168 g/mol. The van der Waals surface area contributed by atoms with Gasteiger partial charge >= 0.3 is 0 Å². The van der Waals surface area contributed by atoms with E-state index in [1.807, 2.05) is 0 Å². The summed E-state index contributed by atoms with van der Waals surface area (Å²) in [5.74, 6) is 2.83. The van der Waals surface area contributed by atoms with Crippen molar-refractivity contribution in [3.8, 4) is 0 Å². The predicted molar refractivity (Wildman–Crippen MR) is 66.5 cm³/mol. The Labute approximate surface area is 91.5 Å². The van der Waals surface area contributed by atoms with Crippen molar-refractivity contribution in [1.82, 2.24) is 0 Å². The van der Waals surface area contributed by atoms with E-state index in [1.54, 1.807) is 0 Å². The molecule has 0 fully saturated rings. The Balaban J connectivity index is 3.81. The summed E-state index contributed by atoms with van der Waals surface area (Å²) in [5, 5.41) is 0. The van der Waals surface area contributed by atoms with Crippen molar-refractivity contribution in [2.24, 2.45) is 17.8 Å². The number of rotatable bonds is 8. The third-order valence-electron chi connectivity index (χ3n) is 3.69. The van der Waals surface area contributed by atoms with Gasteiger partial charge in [0.15, 0.2) is 0 Å². The van der Waals surface area contributed by atoms with Crippen LogP contribution in [0.2, 0.25) is 0 Å². The van der Waals surface area contributed by atoms with Crippen LogP contribution in [0.1, 0.15) is 73.1 Å². The Morgan fingerprint density at radius 3 is 1.79 bits per heavy atom. The Morgan fingerprint density at radius 2 is 1.36 bits per heavy atom. The third kappa shape index (κ3) is 5.67. The van der Waals surface area contributed by atoms with Gasteiger partial charge in [0.1, 0.15) is 0 Å². The minimum atomic E-state index is 0.922. The van der Waals surface area contributed by atoms with Crippen LogP contribution in [0.4, 0.5) is 0 Å². The molecule has 0 aromatic rings. The topological polar surface area (TPSA) is 0 Å². The molecule has 0 aromatic carbocycles. The molecule has 86 valence electrons. The molecule has 0 amide bonds. The molecule has 0 nitrogen and oxygen atoms in total. The van der Waals surface area contributed by atoms with E-state index >= 15 is 0 Å². The third-order valence-corrected chi connectivity index (χ3v) is 3.69. The van der Waals surface area contributed by atoms with Gasteiger partial charge in [-0.15, -0.1) is 0 Å². The van der Waals surface area contributed by atoms with Gasteiger partial charge in [0.05, 0.1) is 0 Å². The van der Waals surface area contributed by atoms with Crippen LogP contribution < -0.4 is 0 Å². The van der Waals surface area contributed by atoms with Crippen molar-refractivity contribution >= 4 is 0 Å². The Kier molecular flexibility index (Phi) is 8.32. The van der Waals surface area contributed by atoms with Crippen LogP contribution in [0.15, 0.2) is 0 Å². The lowest BCUT2D eigenvalue weighted by molar-refractivity contribution is 0.274. The molecule has 0 saturated carbocycles. The molecule has 0 aliphatic heterocycles. The molecule has 0 bridgehead atoms. The highest BCUT2D eigenvalue weighted by Crippen LogP contribution is 2.27. The Hall–Kier alpha value is 0. The van der Waals surface area contributed by atoms with E-state index in [4.69, 9.17) is 0 Å². The average Bonchev–Trinajstić information content (AvgIpc) is 2.17. The van der Waals surface area contributed by atoms with Crippen LogP contribution in [0, 0.1) is 17.8 Å². The van der Waals surface area contributed by atoms with Crippen molar-refractivity contribution in [1.29, 1.82) is 0 Å². The molecule has 0 heterocycles. The first-order chi connectivity index (χ1) is 6.65. The predicted octanol–water partition coefficient (Wildman–Crippen LogP) is 5.28. The van der Waals surface area contributed by atoms with Gasteiger partial charge in [0, 0.05) is 0 Å². The van der Waals surface area contributed by atoms with Gasteiger partial charge in [-0.05, 0) is 24.2 Å². The molecule has 0 saturated heterocycles. The summed E-state index contributed by atoms with van der Waals surface area (Å²) in [5.41, 5.74) is 0. The van der Waals surface area contributed by atoms with Gasteiger partial charge in [0.2, 0.25) is 0 Å². The Morgan fingerprint density at radius 1 is 0.786 bits per heavy atom. The first-order valence-corrected chi connectivity index (χ1v) is 6.65. The van der Waals surface area contributed by atoms with E-state index in [-0.39, 0.29) is 0 Å². The van der Waals surface area contributed by atoms with Crippen molar-refractivity contribution in [3.05, 3.63) is 0 Å². The average molecular weight is 198 g/mol. The van der Waals surface area contributed by atoms with Crippen LogP contribution in [0.5, 0.6) is 0 Å². The van der Waals surface area contributed by atoms with Gasteiger partial charge < -0.3 is 0 Å². The summed E-state index contributed by atoms with van der Waals surface area (Å²) in [6.07, 6.45) is 8.36. The van der Waals surface area contributed by atoms with Gasteiger partial charge in [-0.3, -0.25) is 0 Å². The fourth-order valence-electron chi connectivity index (χ4n) is 2.39. The largest absolute Gasteiger partial charge is 0.0654 e. The fourth-order valence-corrected chi connectivity index (χ4v) is 2.39. The summed E-state index contributed by atoms with van der Waals surface area (Å²) < 4.78 is 0. The highest BCUT2D eigenvalue weighted by molar-refractivity contribution is 4.67. The monoisotopic (exact) mass is 198 g/mol. The molecule has 0 spiro atoms. The minimum Gasteiger partial charge on any atom is -0.0654 e. The van der Waals surface area contributed by atoms with Crippen molar-refractivity contribution in [2.75, 3.05) is 0 Å². The highest BCUT2D eigenvalue weighted by Gasteiger charge is 2.15. The van der Waals surface area contributed by atoms with Gasteiger partial charge in [-0.1, -0.05) is 66.7 Å².